The van der Waals surface area contributed by atoms with Crippen LogP contribution in [0.15, 0.2) is 29.8 Å². The van der Waals surface area contributed by atoms with E-state index in [0.717, 1.165) is 24.2 Å². The Bertz CT molecular complexity index is 470. The monoisotopic (exact) mass is 244 g/mol. The number of carbonyl (C=O) groups is 1. The van der Waals surface area contributed by atoms with Crippen molar-refractivity contribution in [1.29, 1.82) is 5.26 Å². The highest BCUT2D eigenvalue weighted by Crippen LogP contribution is 2.14. The summed E-state index contributed by atoms with van der Waals surface area (Å²) in [5, 5.41) is 8.71. The van der Waals surface area contributed by atoms with E-state index in [1.54, 1.807) is 30.3 Å². The van der Waals surface area contributed by atoms with Crippen molar-refractivity contribution in [3.05, 3.63) is 35.4 Å². The average Bonchev–Trinajstić information content (AvgIpc) is 2.37. The third-order valence-corrected chi connectivity index (χ3v) is 2.34. The zero-order chi connectivity index (χ0) is 13.4. The third kappa shape index (κ3) is 4.30. The Morgan fingerprint density at radius 2 is 2.11 bits per heavy atom. The van der Waals surface area contributed by atoms with Crippen LogP contribution in [0.1, 0.15) is 25.3 Å². The summed E-state index contributed by atoms with van der Waals surface area (Å²) >= 11 is 0. The van der Waals surface area contributed by atoms with Gasteiger partial charge in [-0.2, -0.15) is 5.26 Å². The van der Waals surface area contributed by atoms with Crippen LogP contribution in [0, 0.1) is 11.3 Å². The van der Waals surface area contributed by atoms with Crippen LogP contribution >= 0.6 is 0 Å². The van der Waals surface area contributed by atoms with Crippen molar-refractivity contribution in [2.75, 3.05) is 6.61 Å². The molecule has 0 spiro atoms. The van der Waals surface area contributed by atoms with Crippen molar-refractivity contribution in [2.45, 2.75) is 19.8 Å². The van der Waals surface area contributed by atoms with Gasteiger partial charge in [-0.05, 0) is 30.2 Å². The Balaban J connectivity index is 2.71. The molecule has 0 fully saturated rings. The number of rotatable bonds is 6. The molecule has 0 saturated heterocycles. The largest absolute Gasteiger partial charge is 0.494 e. The van der Waals surface area contributed by atoms with Gasteiger partial charge in [0.25, 0.3) is 5.91 Å². The van der Waals surface area contributed by atoms with Crippen LogP contribution in [0.3, 0.4) is 0 Å². The first-order valence-electron chi connectivity index (χ1n) is 5.82. The Labute approximate surface area is 107 Å². The molecule has 0 unspecified atom stereocenters. The molecule has 94 valence electrons. The van der Waals surface area contributed by atoms with Crippen molar-refractivity contribution < 1.29 is 9.53 Å². The van der Waals surface area contributed by atoms with Crippen LogP contribution < -0.4 is 10.5 Å². The Morgan fingerprint density at radius 3 is 2.61 bits per heavy atom. The molecule has 0 atom stereocenters. The SMILES string of the molecule is CCCCOc1ccc(/C=C(\C#N)C(N)=O)cc1. The lowest BCUT2D eigenvalue weighted by Gasteiger charge is -2.05. The first kappa shape index (κ1) is 13.8. The summed E-state index contributed by atoms with van der Waals surface area (Å²) in [6.45, 7) is 2.79. The molecule has 0 aliphatic rings. The van der Waals surface area contributed by atoms with E-state index in [2.05, 4.69) is 6.92 Å². The molecule has 1 aromatic rings. The molecule has 1 aromatic carbocycles. The molecule has 0 heterocycles. The smallest absolute Gasteiger partial charge is 0.259 e. The highest BCUT2D eigenvalue weighted by atomic mass is 16.5. The molecule has 0 aromatic heterocycles. The molecule has 0 bridgehead atoms. The number of carbonyl (C=O) groups excluding carboxylic acids is 1. The maximum absolute atomic E-state index is 10.9. The molecule has 1 amide bonds. The van der Waals surface area contributed by atoms with Gasteiger partial charge in [-0.3, -0.25) is 4.79 Å². The zero-order valence-corrected chi connectivity index (χ0v) is 10.3. The number of hydrogen-bond donors (Lipinski definition) is 1. The van der Waals surface area contributed by atoms with Gasteiger partial charge in [0.05, 0.1) is 6.61 Å². The molecule has 0 aliphatic carbocycles. The van der Waals surface area contributed by atoms with Crippen molar-refractivity contribution in [3.8, 4) is 11.8 Å². The van der Waals surface area contributed by atoms with Gasteiger partial charge in [-0.1, -0.05) is 25.5 Å². The van der Waals surface area contributed by atoms with Crippen LogP contribution in [0.5, 0.6) is 5.75 Å². The van der Waals surface area contributed by atoms with Crippen molar-refractivity contribution in [2.24, 2.45) is 5.73 Å². The number of primary amides is 1. The van der Waals surface area contributed by atoms with Gasteiger partial charge in [-0.25, -0.2) is 0 Å². The quantitative estimate of drug-likeness (QED) is 0.473. The fourth-order valence-corrected chi connectivity index (χ4v) is 1.32. The van der Waals surface area contributed by atoms with Gasteiger partial charge in [0.15, 0.2) is 0 Å². The van der Waals surface area contributed by atoms with Crippen LogP contribution in [0.25, 0.3) is 6.08 Å². The summed E-state index contributed by atoms with van der Waals surface area (Å²) in [6, 6.07) is 8.93. The minimum absolute atomic E-state index is 0.0605. The molecule has 18 heavy (non-hydrogen) atoms. The highest BCUT2D eigenvalue weighted by molar-refractivity contribution is 6.00. The average molecular weight is 244 g/mol. The van der Waals surface area contributed by atoms with Gasteiger partial charge < -0.3 is 10.5 Å². The number of hydrogen-bond acceptors (Lipinski definition) is 3. The third-order valence-electron chi connectivity index (χ3n) is 2.34. The van der Waals surface area contributed by atoms with Crippen LogP contribution in [0.4, 0.5) is 0 Å². The standard InChI is InChI=1S/C14H16N2O2/c1-2-3-8-18-13-6-4-11(5-7-13)9-12(10-15)14(16)17/h4-7,9H,2-3,8H2,1H3,(H2,16,17)/b12-9+. The number of ether oxygens (including phenoxy) is 1. The highest BCUT2D eigenvalue weighted by Gasteiger charge is 2.03. The topological polar surface area (TPSA) is 76.1 Å². The minimum Gasteiger partial charge on any atom is -0.494 e. The number of benzene rings is 1. The van der Waals surface area contributed by atoms with E-state index in [4.69, 9.17) is 15.7 Å². The van der Waals surface area contributed by atoms with E-state index in [1.807, 2.05) is 0 Å². The lowest BCUT2D eigenvalue weighted by atomic mass is 10.1. The molecule has 0 aliphatic heterocycles. The Kier molecular flexibility index (Phi) is 5.46. The van der Waals surface area contributed by atoms with Gasteiger partial charge >= 0.3 is 0 Å². The summed E-state index contributed by atoms with van der Waals surface area (Å²) in [7, 11) is 0. The van der Waals surface area contributed by atoms with Gasteiger partial charge in [0.1, 0.15) is 17.4 Å². The molecule has 0 saturated carbocycles. The van der Waals surface area contributed by atoms with E-state index in [1.165, 1.54) is 6.08 Å². The molecular formula is C14H16N2O2. The van der Waals surface area contributed by atoms with E-state index in [0.29, 0.717) is 6.61 Å². The molecule has 2 N–H and O–H groups in total. The second-order valence-electron chi connectivity index (χ2n) is 3.81. The van der Waals surface area contributed by atoms with E-state index < -0.39 is 5.91 Å². The Hall–Kier alpha value is -2.28. The second kappa shape index (κ2) is 7.13. The molecular weight excluding hydrogens is 228 g/mol. The zero-order valence-electron chi connectivity index (χ0n) is 10.3. The summed E-state index contributed by atoms with van der Waals surface area (Å²) in [6.07, 6.45) is 3.56. The van der Waals surface area contributed by atoms with Crippen molar-refractivity contribution >= 4 is 12.0 Å². The van der Waals surface area contributed by atoms with Crippen molar-refractivity contribution in [1.82, 2.24) is 0 Å². The number of nitrogens with zero attached hydrogens (tertiary/aromatic N) is 1. The predicted octanol–water partition coefficient (Wildman–Crippen LogP) is 2.26. The number of nitriles is 1. The van der Waals surface area contributed by atoms with Crippen LogP contribution in [-0.2, 0) is 4.79 Å². The van der Waals surface area contributed by atoms with Gasteiger partial charge in [0.2, 0.25) is 0 Å². The van der Waals surface area contributed by atoms with E-state index >= 15 is 0 Å². The van der Waals surface area contributed by atoms with Gasteiger partial charge in [0, 0.05) is 0 Å². The van der Waals surface area contributed by atoms with Crippen molar-refractivity contribution in [3.63, 3.8) is 0 Å². The summed E-state index contributed by atoms with van der Waals surface area (Å²) in [5.74, 6) is 0.0546. The van der Waals surface area contributed by atoms with E-state index in [-0.39, 0.29) is 5.57 Å². The maximum atomic E-state index is 10.9. The summed E-state index contributed by atoms with van der Waals surface area (Å²) < 4.78 is 5.50. The minimum atomic E-state index is -0.722. The van der Waals surface area contributed by atoms with Gasteiger partial charge in [-0.15, -0.1) is 0 Å². The fourth-order valence-electron chi connectivity index (χ4n) is 1.32. The second-order valence-corrected chi connectivity index (χ2v) is 3.81. The molecule has 4 nitrogen and oxygen atoms in total. The molecule has 0 radical (unpaired) electrons. The Morgan fingerprint density at radius 1 is 1.44 bits per heavy atom. The summed E-state index contributed by atoms with van der Waals surface area (Å²) in [5.41, 5.74) is 5.73. The molecule has 1 rings (SSSR count). The normalized spacial score (nSPS) is 10.8. The van der Waals surface area contributed by atoms with Crippen LogP contribution in [0.2, 0.25) is 0 Å². The lowest BCUT2D eigenvalue weighted by molar-refractivity contribution is -0.114. The maximum Gasteiger partial charge on any atom is 0.259 e. The lowest BCUT2D eigenvalue weighted by Crippen LogP contribution is -2.12. The first-order chi connectivity index (χ1) is 8.67. The fraction of sp³-hybridized carbons (Fsp3) is 0.286. The summed E-state index contributed by atoms with van der Waals surface area (Å²) in [4.78, 5) is 10.9. The van der Waals surface area contributed by atoms with E-state index in [9.17, 15) is 4.79 Å². The number of amides is 1. The molecule has 4 heteroatoms. The first-order valence-corrected chi connectivity index (χ1v) is 5.82. The number of unbranched alkanes of at least 4 members (excludes halogenated alkanes) is 1. The predicted molar refractivity (Wildman–Crippen MR) is 69.6 cm³/mol. The number of nitrogens with two attached hydrogens (primary N) is 1. The van der Waals surface area contributed by atoms with Crippen LogP contribution in [-0.4, -0.2) is 12.5 Å².